The average molecular weight is 367 g/mol. The largest absolute Gasteiger partial charge is 0.329 e. The van der Waals surface area contributed by atoms with Crippen LogP contribution >= 0.6 is 34.8 Å². The van der Waals surface area contributed by atoms with E-state index in [4.69, 9.17) is 12.2 Å². The molecule has 0 aliphatic carbocycles. The first-order valence-electron chi connectivity index (χ1n) is 5.49. The van der Waals surface area contributed by atoms with Crippen molar-refractivity contribution in [3.63, 3.8) is 0 Å². The third-order valence-electron chi connectivity index (χ3n) is 2.86. The van der Waals surface area contributed by atoms with Gasteiger partial charge < -0.3 is 4.98 Å². The Balaban J connectivity index is 2.34. The van der Waals surface area contributed by atoms with E-state index in [0.717, 1.165) is 16.9 Å². The lowest BCUT2D eigenvalue weighted by Gasteiger charge is -2.06. The predicted octanol–water partition coefficient (Wildman–Crippen LogP) is 4.00. The SMILES string of the molecule is Cc1ccc(-n2c(=S)[nH]c3cccnc32)cc1I. The summed E-state index contributed by atoms with van der Waals surface area (Å²) in [6.07, 6.45) is 1.78. The highest BCUT2D eigenvalue weighted by Gasteiger charge is 2.07. The molecule has 1 N–H and O–H groups in total. The quantitative estimate of drug-likeness (QED) is 0.521. The molecule has 18 heavy (non-hydrogen) atoms. The normalized spacial score (nSPS) is 11.0. The maximum absolute atomic E-state index is 5.38. The van der Waals surface area contributed by atoms with Crippen LogP contribution in [0.1, 0.15) is 5.56 Å². The molecule has 0 spiro atoms. The first kappa shape index (κ1) is 11.9. The van der Waals surface area contributed by atoms with Crippen molar-refractivity contribution in [2.75, 3.05) is 0 Å². The number of H-pyrrole nitrogens is 1. The summed E-state index contributed by atoms with van der Waals surface area (Å²) in [5.74, 6) is 0. The minimum atomic E-state index is 0.670. The van der Waals surface area contributed by atoms with Crippen LogP contribution in [0, 0.1) is 15.3 Å². The number of halogens is 1. The van der Waals surface area contributed by atoms with E-state index < -0.39 is 0 Å². The van der Waals surface area contributed by atoms with E-state index in [-0.39, 0.29) is 0 Å². The number of nitrogens with one attached hydrogen (secondary N) is 1. The van der Waals surface area contributed by atoms with Crippen molar-refractivity contribution in [1.82, 2.24) is 14.5 Å². The monoisotopic (exact) mass is 367 g/mol. The summed E-state index contributed by atoms with van der Waals surface area (Å²) in [5, 5.41) is 0. The number of hydrogen-bond donors (Lipinski definition) is 1. The number of aryl methyl sites for hydroxylation is 1. The Morgan fingerprint density at radius 3 is 2.94 bits per heavy atom. The molecule has 5 heteroatoms. The number of aromatic amines is 1. The van der Waals surface area contributed by atoms with E-state index >= 15 is 0 Å². The van der Waals surface area contributed by atoms with Gasteiger partial charge in [-0.3, -0.25) is 4.57 Å². The number of benzene rings is 1. The maximum atomic E-state index is 5.38. The van der Waals surface area contributed by atoms with Crippen LogP contribution in [0.5, 0.6) is 0 Å². The minimum absolute atomic E-state index is 0.670. The Hall–Kier alpha value is -1.21. The lowest BCUT2D eigenvalue weighted by Crippen LogP contribution is -1.96. The van der Waals surface area contributed by atoms with Crippen LogP contribution in [0.2, 0.25) is 0 Å². The summed E-state index contributed by atoms with van der Waals surface area (Å²) < 4.78 is 3.85. The van der Waals surface area contributed by atoms with Crippen molar-refractivity contribution in [3.05, 3.63) is 50.4 Å². The molecule has 3 aromatic rings. The van der Waals surface area contributed by atoms with E-state index in [0.29, 0.717) is 4.77 Å². The number of pyridine rings is 1. The maximum Gasteiger partial charge on any atom is 0.183 e. The van der Waals surface area contributed by atoms with Gasteiger partial charge in [0.15, 0.2) is 10.4 Å². The number of aromatic nitrogens is 3. The molecule has 0 aliphatic heterocycles. The van der Waals surface area contributed by atoms with Crippen LogP contribution in [0.25, 0.3) is 16.9 Å². The zero-order valence-electron chi connectivity index (χ0n) is 9.64. The van der Waals surface area contributed by atoms with Gasteiger partial charge in [0.2, 0.25) is 0 Å². The van der Waals surface area contributed by atoms with Gasteiger partial charge in [0.25, 0.3) is 0 Å². The van der Waals surface area contributed by atoms with E-state index in [9.17, 15) is 0 Å². The van der Waals surface area contributed by atoms with Crippen molar-refractivity contribution < 1.29 is 0 Å². The third-order valence-corrected chi connectivity index (χ3v) is 4.30. The summed E-state index contributed by atoms with van der Waals surface area (Å²) in [5.41, 5.74) is 4.12. The Kier molecular flexibility index (Phi) is 2.95. The number of imidazole rings is 1. The zero-order valence-corrected chi connectivity index (χ0v) is 12.6. The molecule has 0 aliphatic rings. The van der Waals surface area contributed by atoms with Crippen LogP contribution in [0.4, 0.5) is 0 Å². The van der Waals surface area contributed by atoms with Gasteiger partial charge in [0.05, 0.1) is 11.2 Å². The topological polar surface area (TPSA) is 33.6 Å². The van der Waals surface area contributed by atoms with Crippen LogP contribution in [0.3, 0.4) is 0 Å². The molecular formula is C13H10IN3S. The Labute approximate surface area is 123 Å². The fourth-order valence-corrected chi connectivity index (χ4v) is 2.70. The molecule has 0 saturated carbocycles. The Morgan fingerprint density at radius 2 is 2.17 bits per heavy atom. The lowest BCUT2D eigenvalue weighted by molar-refractivity contribution is 1.04. The van der Waals surface area contributed by atoms with Crippen molar-refractivity contribution in [1.29, 1.82) is 0 Å². The summed E-state index contributed by atoms with van der Waals surface area (Å²) in [6.45, 7) is 2.10. The van der Waals surface area contributed by atoms with Crippen molar-refractivity contribution in [3.8, 4) is 5.69 Å². The standard InChI is InChI=1S/C13H10IN3S/c1-8-4-5-9(7-10(8)14)17-12-11(16-13(17)18)3-2-6-15-12/h2-7H,1H3,(H,16,18). The van der Waals surface area contributed by atoms with Crippen molar-refractivity contribution in [2.45, 2.75) is 6.92 Å². The van der Waals surface area contributed by atoms with Gasteiger partial charge >= 0.3 is 0 Å². The zero-order chi connectivity index (χ0) is 12.7. The van der Waals surface area contributed by atoms with Crippen LogP contribution in [-0.2, 0) is 0 Å². The lowest BCUT2D eigenvalue weighted by atomic mass is 10.2. The Morgan fingerprint density at radius 1 is 1.33 bits per heavy atom. The molecule has 3 rings (SSSR count). The van der Waals surface area contributed by atoms with E-state index in [1.54, 1.807) is 6.20 Å². The van der Waals surface area contributed by atoms with Gasteiger partial charge in [-0.05, 0) is 71.6 Å². The second-order valence-corrected chi connectivity index (χ2v) is 5.62. The number of fused-ring (bicyclic) bond motifs is 1. The highest BCUT2D eigenvalue weighted by Crippen LogP contribution is 2.21. The van der Waals surface area contributed by atoms with Gasteiger partial charge in [-0.1, -0.05) is 6.07 Å². The molecule has 2 heterocycles. The molecular weight excluding hydrogens is 357 g/mol. The van der Waals surface area contributed by atoms with Gasteiger partial charge in [-0.15, -0.1) is 0 Å². The van der Waals surface area contributed by atoms with Crippen molar-refractivity contribution in [2.24, 2.45) is 0 Å². The van der Waals surface area contributed by atoms with E-state index in [2.05, 4.69) is 57.7 Å². The molecule has 0 amide bonds. The molecule has 1 aromatic carbocycles. The summed E-state index contributed by atoms with van der Waals surface area (Å²) in [7, 11) is 0. The summed E-state index contributed by atoms with van der Waals surface area (Å²) in [6, 6.07) is 10.2. The van der Waals surface area contributed by atoms with Gasteiger partial charge in [0, 0.05) is 9.77 Å². The first-order valence-corrected chi connectivity index (χ1v) is 6.98. The van der Waals surface area contributed by atoms with Crippen LogP contribution in [0.15, 0.2) is 36.5 Å². The third kappa shape index (κ3) is 1.87. The van der Waals surface area contributed by atoms with E-state index in [1.165, 1.54) is 9.13 Å². The van der Waals surface area contributed by atoms with Crippen LogP contribution < -0.4 is 0 Å². The fraction of sp³-hybridized carbons (Fsp3) is 0.0769. The molecule has 0 fully saturated rings. The number of rotatable bonds is 1. The smallest absolute Gasteiger partial charge is 0.183 e. The molecule has 0 saturated heterocycles. The highest BCUT2D eigenvalue weighted by atomic mass is 127. The number of hydrogen-bond acceptors (Lipinski definition) is 2. The number of nitrogens with zero attached hydrogens (tertiary/aromatic N) is 2. The molecule has 90 valence electrons. The van der Waals surface area contributed by atoms with Crippen molar-refractivity contribution >= 4 is 46.0 Å². The molecule has 2 aromatic heterocycles. The first-order chi connectivity index (χ1) is 8.66. The fourth-order valence-electron chi connectivity index (χ4n) is 1.90. The molecule has 0 bridgehead atoms. The summed E-state index contributed by atoms with van der Waals surface area (Å²) in [4.78, 5) is 7.57. The second kappa shape index (κ2) is 4.47. The Bertz CT molecular complexity index is 788. The average Bonchev–Trinajstić information content (AvgIpc) is 2.69. The van der Waals surface area contributed by atoms with Crippen LogP contribution in [-0.4, -0.2) is 14.5 Å². The second-order valence-electron chi connectivity index (χ2n) is 4.07. The van der Waals surface area contributed by atoms with Gasteiger partial charge in [0.1, 0.15) is 0 Å². The molecule has 0 unspecified atom stereocenters. The van der Waals surface area contributed by atoms with Gasteiger partial charge in [-0.2, -0.15) is 0 Å². The molecule has 0 radical (unpaired) electrons. The predicted molar refractivity (Wildman–Crippen MR) is 83.7 cm³/mol. The molecule has 0 atom stereocenters. The summed E-state index contributed by atoms with van der Waals surface area (Å²) >= 11 is 7.71. The van der Waals surface area contributed by atoms with Gasteiger partial charge in [-0.25, -0.2) is 4.98 Å². The minimum Gasteiger partial charge on any atom is -0.329 e. The highest BCUT2D eigenvalue weighted by molar-refractivity contribution is 14.1. The van der Waals surface area contributed by atoms with E-state index in [1.807, 2.05) is 16.7 Å². The molecule has 3 nitrogen and oxygen atoms in total.